The number of carbonyl (C=O) groups excluding carboxylic acids is 1. The lowest BCUT2D eigenvalue weighted by Gasteiger charge is -2.33. The van der Waals surface area contributed by atoms with E-state index in [0.29, 0.717) is 24.8 Å². The molecule has 1 aromatic rings. The Bertz CT molecular complexity index is 512. The molecule has 0 aliphatic heterocycles. The summed E-state index contributed by atoms with van der Waals surface area (Å²) in [4.78, 5) is 22.6. The number of amides is 1. The van der Waals surface area contributed by atoms with Gasteiger partial charge in [-0.1, -0.05) is 25.1 Å². The lowest BCUT2D eigenvalue weighted by atomic mass is 9.80. The third kappa shape index (κ3) is 3.35. The standard InChI is InChI=1S/C15H18FNO3/c1-9(6-10-4-2-3-5-13(10)16)14(18)17-12-7-11(8-12)15(19)20/h2-5,9,11-12H,6-8H2,1H3,(H,17,18)(H,19,20). The summed E-state index contributed by atoms with van der Waals surface area (Å²) >= 11 is 0. The van der Waals surface area contributed by atoms with Crippen molar-refractivity contribution in [2.45, 2.75) is 32.2 Å². The van der Waals surface area contributed by atoms with Crippen molar-refractivity contribution in [1.29, 1.82) is 0 Å². The Hall–Kier alpha value is -1.91. The van der Waals surface area contributed by atoms with Gasteiger partial charge in [0.05, 0.1) is 5.92 Å². The number of nitrogens with one attached hydrogen (secondary N) is 1. The second-order valence-electron chi connectivity index (χ2n) is 5.41. The van der Waals surface area contributed by atoms with Gasteiger partial charge in [-0.25, -0.2) is 4.39 Å². The topological polar surface area (TPSA) is 66.4 Å². The summed E-state index contributed by atoms with van der Waals surface area (Å²) in [6.07, 6.45) is 1.30. The van der Waals surface area contributed by atoms with Crippen molar-refractivity contribution in [3.05, 3.63) is 35.6 Å². The molecule has 1 aliphatic carbocycles. The van der Waals surface area contributed by atoms with Gasteiger partial charge in [0.1, 0.15) is 5.82 Å². The van der Waals surface area contributed by atoms with E-state index in [1.54, 1.807) is 25.1 Å². The quantitative estimate of drug-likeness (QED) is 0.866. The van der Waals surface area contributed by atoms with Gasteiger partial charge in [-0.2, -0.15) is 0 Å². The maximum atomic E-state index is 13.5. The van der Waals surface area contributed by atoms with Crippen molar-refractivity contribution in [1.82, 2.24) is 5.32 Å². The smallest absolute Gasteiger partial charge is 0.306 e. The molecule has 1 amide bonds. The highest BCUT2D eigenvalue weighted by Gasteiger charge is 2.35. The summed E-state index contributed by atoms with van der Waals surface area (Å²) in [6.45, 7) is 1.75. The Morgan fingerprint density at radius 3 is 2.65 bits per heavy atom. The summed E-state index contributed by atoms with van der Waals surface area (Å²) < 4.78 is 13.5. The van der Waals surface area contributed by atoms with Gasteiger partial charge in [0, 0.05) is 12.0 Å². The average Bonchev–Trinajstić information content (AvgIpc) is 2.35. The molecule has 1 aromatic carbocycles. The molecule has 108 valence electrons. The molecular weight excluding hydrogens is 261 g/mol. The maximum absolute atomic E-state index is 13.5. The average molecular weight is 279 g/mol. The molecule has 2 rings (SSSR count). The summed E-state index contributed by atoms with van der Waals surface area (Å²) in [5, 5.41) is 11.6. The Labute approximate surface area is 117 Å². The van der Waals surface area contributed by atoms with Gasteiger partial charge in [-0.3, -0.25) is 9.59 Å². The van der Waals surface area contributed by atoms with Crippen LogP contribution in [0.25, 0.3) is 0 Å². The third-order valence-corrected chi connectivity index (χ3v) is 3.77. The molecule has 1 atom stereocenters. The van der Waals surface area contributed by atoms with E-state index in [9.17, 15) is 14.0 Å². The molecule has 0 radical (unpaired) electrons. The zero-order valence-electron chi connectivity index (χ0n) is 11.3. The molecule has 0 aromatic heterocycles. The van der Waals surface area contributed by atoms with Crippen molar-refractivity contribution in [2.75, 3.05) is 0 Å². The minimum Gasteiger partial charge on any atom is -0.481 e. The number of carbonyl (C=O) groups is 2. The summed E-state index contributed by atoms with van der Waals surface area (Å²) in [7, 11) is 0. The maximum Gasteiger partial charge on any atom is 0.306 e. The summed E-state index contributed by atoms with van der Waals surface area (Å²) in [5.74, 6) is -1.95. The van der Waals surface area contributed by atoms with Crippen LogP contribution in [-0.4, -0.2) is 23.0 Å². The van der Waals surface area contributed by atoms with Crippen LogP contribution in [0.1, 0.15) is 25.3 Å². The Morgan fingerprint density at radius 2 is 2.05 bits per heavy atom. The van der Waals surface area contributed by atoms with Crippen LogP contribution in [0.3, 0.4) is 0 Å². The second kappa shape index (κ2) is 6.03. The van der Waals surface area contributed by atoms with Crippen molar-refractivity contribution in [2.24, 2.45) is 11.8 Å². The highest BCUT2D eigenvalue weighted by atomic mass is 19.1. The molecule has 1 unspecified atom stereocenters. The van der Waals surface area contributed by atoms with E-state index in [-0.39, 0.29) is 29.6 Å². The van der Waals surface area contributed by atoms with Crippen LogP contribution >= 0.6 is 0 Å². The van der Waals surface area contributed by atoms with Crippen LogP contribution in [0.5, 0.6) is 0 Å². The fourth-order valence-electron chi connectivity index (χ4n) is 2.37. The highest BCUT2D eigenvalue weighted by molar-refractivity contribution is 5.79. The molecule has 0 saturated heterocycles. The molecule has 1 aliphatic rings. The molecule has 2 N–H and O–H groups in total. The van der Waals surface area contributed by atoms with Gasteiger partial charge in [-0.15, -0.1) is 0 Å². The fourth-order valence-corrected chi connectivity index (χ4v) is 2.37. The molecule has 0 heterocycles. The van der Waals surface area contributed by atoms with E-state index in [4.69, 9.17) is 5.11 Å². The molecule has 4 nitrogen and oxygen atoms in total. The van der Waals surface area contributed by atoms with Crippen molar-refractivity contribution in [3.63, 3.8) is 0 Å². The SMILES string of the molecule is CC(Cc1ccccc1F)C(=O)NC1CC(C(=O)O)C1. The number of rotatable bonds is 5. The van der Waals surface area contributed by atoms with Gasteiger partial charge in [-0.05, 0) is 30.9 Å². The van der Waals surface area contributed by atoms with Gasteiger partial charge in [0.2, 0.25) is 5.91 Å². The van der Waals surface area contributed by atoms with Gasteiger partial charge < -0.3 is 10.4 Å². The number of hydrogen-bond donors (Lipinski definition) is 2. The minimum atomic E-state index is -0.810. The molecule has 0 spiro atoms. The first-order valence-corrected chi connectivity index (χ1v) is 6.74. The lowest BCUT2D eigenvalue weighted by Crippen LogP contribution is -2.48. The van der Waals surface area contributed by atoms with Crippen molar-refractivity contribution < 1.29 is 19.1 Å². The van der Waals surface area contributed by atoms with Crippen LogP contribution in [0.2, 0.25) is 0 Å². The normalized spacial score (nSPS) is 22.7. The Kier molecular flexibility index (Phi) is 4.37. The largest absolute Gasteiger partial charge is 0.481 e. The molecule has 1 fully saturated rings. The Morgan fingerprint density at radius 1 is 1.40 bits per heavy atom. The molecule has 1 saturated carbocycles. The number of benzene rings is 1. The first kappa shape index (κ1) is 14.5. The van der Waals surface area contributed by atoms with Crippen LogP contribution in [0, 0.1) is 17.7 Å². The van der Waals surface area contributed by atoms with Crippen LogP contribution in [-0.2, 0) is 16.0 Å². The van der Waals surface area contributed by atoms with Crippen LogP contribution < -0.4 is 5.32 Å². The van der Waals surface area contributed by atoms with E-state index >= 15 is 0 Å². The molecule has 5 heteroatoms. The summed E-state index contributed by atoms with van der Waals surface area (Å²) in [6, 6.07) is 6.34. The van der Waals surface area contributed by atoms with Gasteiger partial charge in [0.15, 0.2) is 0 Å². The predicted molar refractivity (Wildman–Crippen MR) is 71.6 cm³/mol. The van der Waals surface area contributed by atoms with Crippen molar-refractivity contribution in [3.8, 4) is 0 Å². The number of carboxylic acids is 1. The van der Waals surface area contributed by atoms with Gasteiger partial charge in [0.25, 0.3) is 0 Å². The first-order valence-electron chi connectivity index (χ1n) is 6.74. The molecular formula is C15H18FNO3. The number of hydrogen-bond acceptors (Lipinski definition) is 2. The zero-order chi connectivity index (χ0) is 14.7. The van der Waals surface area contributed by atoms with Crippen LogP contribution in [0.4, 0.5) is 4.39 Å². The minimum absolute atomic E-state index is 0.0633. The third-order valence-electron chi connectivity index (χ3n) is 3.77. The van der Waals surface area contributed by atoms with Crippen LogP contribution in [0.15, 0.2) is 24.3 Å². The molecule has 0 bridgehead atoms. The van der Waals surface area contributed by atoms with E-state index in [1.165, 1.54) is 6.07 Å². The van der Waals surface area contributed by atoms with Crippen molar-refractivity contribution >= 4 is 11.9 Å². The monoisotopic (exact) mass is 279 g/mol. The highest BCUT2D eigenvalue weighted by Crippen LogP contribution is 2.27. The first-order chi connectivity index (χ1) is 9.47. The second-order valence-corrected chi connectivity index (χ2v) is 5.41. The lowest BCUT2D eigenvalue weighted by molar-refractivity contribution is -0.146. The number of aliphatic carboxylic acids is 1. The van der Waals surface area contributed by atoms with Gasteiger partial charge >= 0.3 is 5.97 Å². The van der Waals surface area contributed by atoms with E-state index in [2.05, 4.69) is 5.32 Å². The fraction of sp³-hybridized carbons (Fsp3) is 0.467. The Balaban J connectivity index is 1.81. The predicted octanol–water partition coefficient (Wildman–Crippen LogP) is 1.98. The van der Waals surface area contributed by atoms with E-state index < -0.39 is 5.97 Å². The zero-order valence-corrected chi connectivity index (χ0v) is 11.3. The van der Waals surface area contributed by atoms with E-state index in [0.717, 1.165) is 0 Å². The number of carboxylic acid groups (broad SMARTS) is 1. The van der Waals surface area contributed by atoms with E-state index in [1.807, 2.05) is 0 Å². The summed E-state index contributed by atoms with van der Waals surface area (Å²) in [5.41, 5.74) is 0.521. The molecule has 20 heavy (non-hydrogen) atoms. The number of halogens is 1.